The number of carbonyl (C=O) groups excluding carboxylic acids is 1. The fraction of sp³-hybridized carbons (Fsp3) is 0.846. The molecule has 1 rings (SSSR count). The van der Waals surface area contributed by atoms with E-state index in [1.165, 1.54) is 4.90 Å². The van der Waals surface area contributed by atoms with Crippen molar-refractivity contribution >= 4 is 12.1 Å². The van der Waals surface area contributed by atoms with E-state index >= 15 is 0 Å². The minimum atomic E-state index is -1.40. The van der Waals surface area contributed by atoms with E-state index in [1.54, 1.807) is 20.8 Å². The van der Waals surface area contributed by atoms with Gasteiger partial charge in [0, 0.05) is 24.3 Å². The summed E-state index contributed by atoms with van der Waals surface area (Å²) in [6, 6.07) is 0. The largest absolute Gasteiger partial charge is 0.481 e. The van der Waals surface area contributed by atoms with E-state index < -0.39 is 28.1 Å². The van der Waals surface area contributed by atoms with E-state index in [0.29, 0.717) is 13.0 Å². The van der Waals surface area contributed by atoms with Gasteiger partial charge < -0.3 is 14.7 Å². The Morgan fingerprint density at radius 1 is 1.43 bits per heavy atom. The number of amides is 1. The molecule has 1 amide bonds. The molecule has 1 unspecified atom stereocenters. The third-order valence-electron chi connectivity index (χ3n) is 3.40. The number of carboxylic acids is 1. The van der Waals surface area contributed by atoms with E-state index in [4.69, 9.17) is 9.84 Å². The maximum absolute atomic E-state index is 12.0. The van der Waals surface area contributed by atoms with Crippen LogP contribution in [0.25, 0.3) is 0 Å². The second kappa shape index (κ2) is 6.28. The molecule has 1 fully saturated rings. The Hall–Kier alpha value is -1.86. The van der Waals surface area contributed by atoms with Crippen LogP contribution in [0.3, 0.4) is 0 Å². The number of nitrogens with zero attached hydrogens (tertiary/aromatic N) is 2. The van der Waals surface area contributed by atoms with Gasteiger partial charge in [0.2, 0.25) is 5.54 Å². The molecule has 0 aromatic carbocycles. The molecule has 0 radical (unpaired) electrons. The van der Waals surface area contributed by atoms with Gasteiger partial charge in [0.25, 0.3) is 0 Å². The number of piperidine rings is 1. The summed E-state index contributed by atoms with van der Waals surface area (Å²) in [5.41, 5.74) is -2.07. The van der Waals surface area contributed by atoms with Crippen molar-refractivity contribution < 1.29 is 24.4 Å². The zero-order valence-corrected chi connectivity index (χ0v) is 12.6. The standard InChI is InChI=1S/C13H22N2O6/c1-12(2,3)21-11(18)14-8-4-6-13(9-14,15(19)20)7-5-10(16)17/h4-9H2,1-3H3,(H,16,17). The lowest BCUT2D eigenvalue weighted by Gasteiger charge is -2.37. The van der Waals surface area contributed by atoms with Crippen molar-refractivity contribution in [3.05, 3.63) is 10.1 Å². The smallest absolute Gasteiger partial charge is 0.410 e. The van der Waals surface area contributed by atoms with Crippen LogP contribution in [0.4, 0.5) is 4.79 Å². The predicted octanol–water partition coefficient (Wildman–Crippen LogP) is 1.90. The second-order valence-electron chi connectivity index (χ2n) is 6.38. The zero-order valence-electron chi connectivity index (χ0n) is 12.6. The van der Waals surface area contributed by atoms with Crippen molar-refractivity contribution in [2.45, 2.75) is 57.6 Å². The molecular weight excluding hydrogens is 280 g/mol. The first-order valence-electron chi connectivity index (χ1n) is 6.90. The lowest BCUT2D eigenvalue weighted by atomic mass is 9.85. The Morgan fingerprint density at radius 3 is 2.52 bits per heavy atom. The number of nitro groups is 1. The summed E-state index contributed by atoms with van der Waals surface area (Å²) in [6.45, 7) is 5.44. The minimum absolute atomic E-state index is 0.0887. The van der Waals surface area contributed by atoms with E-state index in [-0.39, 0.29) is 25.8 Å². The van der Waals surface area contributed by atoms with Crippen molar-refractivity contribution in [2.24, 2.45) is 0 Å². The van der Waals surface area contributed by atoms with Gasteiger partial charge in [-0.05, 0) is 27.2 Å². The highest BCUT2D eigenvalue weighted by Crippen LogP contribution is 2.30. The highest BCUT2D eigenvalue weighted by molar-refractivity contribution is 5.68. The van der Waals surface area contributed by atoms with Crippen LogP contribution in [0.15, 0.2) is 0 Å². The summed E-state index contributed by atoms with van der Waals surface area (Å²) in [7, 11) is 0. The van der Waals surface area contributed by atoms with Gasteiger partial charge in [-0.25, -0.2) is 4.79 Å². The third-order valence-corrected chi connectivity index (χ3v) is 3.40. The fourth-order valence-electron chi connectivity index (χ4n) is 2.38. The topological polar surface area (TPSA) is 110 Å². The quantitative estimate of drug-likeness (QED) is 0.627. The molecule has 0 spiro atoms. The normalized spacial score (nSPS) is 22.7. The average Bonchev–Trinajstić information content (AvgIpc) is 2.34. The molecule has 0 aromatic heterocycles. The number of likely N-dealkylation sites (tertiary alicyclic amines) is 1. The lowest BCUT2D eigenvalue weighted by molar-refractivity contribution is -0.575. The van der Waals surface area contributed by atoms with Crippen molar-refractivity contribution in [3.8, 4) is 0 Å². The second-order valence-corrected chi connectivity index (χ2v) is 6.38. The molecule has 1 atom stereocenters. The Morgan fingerprint density at radius 2 is 2.05 bits per heavy atom. The number of carboxylic acid groups (broad SMARTS) is 1. The molecule has 1 heterocycles. The van der Waals surface area contributed by atoms with Crippen LogP contribution in [0.1, 0.15) is 46.5 Å². The summed E-state index contributed by atoms with van der Waals surface area (Å²) in [5, 5.41) is 20.1. The first-order chi connectivity index (χ1) is 9.56. The van der Waals surface area contributed by atoms with Gasteiger partial charge >= 0.3 is 12.1 Å². The van der Waals surface area contributed by atoms with Gasteiger partial charge in [-0.2, -0.15) is 0 Å². The van der Waals surface area contributed by atoms with Gasteiger partial charge in [-0.3, -0.25) is 14.9 Å². The van der Waals surface area contributed by atoms with Crippen molar-refractivity contribution in [1.29, 1.82) is 0 Å². The summed E-state index contributed by atoms with van der Waals surface area (Å²) in [4.78, 5) is 34.9. The molecule has 1 aliphatic heterocycles. The SMILES string of the molecule is CC(C)(C)OC(=O)N1CCCC(CCC(=O)O)([N+](=O)[O-])C1. The average molecular weight is 302 g/mol. The monoisotopic (exact) mass is 302 g/mol. The molecule has 8 nitrogen and oxygen atoms in total. The summed E-state index contributed by atoms with van der Waals surface area (Å²) in [6.07, 6.45) is -0.242. The van der Waals surface area contributed by atoms with E-state index in [0.717, 1.165) is 0 Å². The summed E-state index contributed by atoms with van der Waals surface area (Å²) >= 11 is 0. The number of hydrogen-bond donors (Lipinski definition) is 1. The first-order valence-corrected chi connectivity index (χ1v) is 6.90. The molecule has 21 heavy (non-hydrogen) atoms. The van der Waals surface area contributed by atoms with E-state index in [9.17, 15) is 19.7 Å². The van der Waals surface area contributed by atoms with Crippen LogP contribution in [0, 0.1) is 10.1 Å². The van der Waals surface area contributed by atoms with E-state index in [1.807, 2.05) is 0 Å². The number of aliphatic carboxylic acids is 1. The van der Waals surface area contributed by atoms with Crippen molar-refractivity contribution in [1.82, 2.24) is 4.90 Å². The molecule has 120 valence electrons. The third kappa shape index (κ3) is 4.87. The predicted molar refractivity (Wildman–Crippen MR) is 73.6 cm³/mol. The Balaban J connectivity index is 2.81. The fourth-order valence-corrected chi connectivity index (χ4v) is 2.38. The van der Waals surface area contributed by atoms with Gasteiger partial charge in [-0.1, -0.05) is 0 Å². The summed E-state index contributed by atoms with van der Waals surface area (Å²) < 4.78 is 5.22. The molecule has 8 heteroatoms. The Bertz CT molecular complexity index is 431. The van der Waals surface area contributed by atoms with Gasteiger partial charge in [-0.15, -0.1) is 0 Å². The van der Waals surface area contributed by atoms with Crippen molar-refractivity contribution in [3.63, 3.8) is 0 Å². The zero-order chi connectivity index (χ0) is 16.3. The van der Waals surface area contributed by atoms with Gasteiger partial charge in [0.15, 0.2) is 0 Å². The van der Waals surface area contributed by atoms with Crippen molar-refractivity contribution in [2.75, 3.05) is 13.1 Å². The van der Waals surface area contributed by atoms with Gasteiger partial charge in [0.05, 0.1) is 13.0 Å². The van der Waals surface area contributed by atoms with Crippen LogP contribution in [0.5, 0.6) is 0 Å². The van der Waals surface area contributed by atoms with Crippen LogP contribution in [-0.4, -0.2) is 51.2 Å². The summed E-state index contributed by atoms with van der Waals surface area (Å²) in [5.74, 6) is -1.08. The molecule has 1 aliphatic rings. The molecule has 0 aliphatic carbocycles. The molecule has 0 bridgehead atoms. The maximum atomic E-state index is 12.0. The van der Waals surface area contributed by atoms with Crippen LogP contribution >= 0.6 is 0 Å². The Labute approximate surface area is 123 Å². The number of hydrogen-bond acceptors (Lipinski definition) is 5. The lowest BCUT2D eigenvalue weighted by Crippen LogP contribution is -2.55. The van der Waals surface area contributed by atoms with Gasteiger partial charge in [0.1, 0.15) is 5.60 Å². The highest BCUT2D eigenvalue weighted by atomic mass is 16.6. The maximum Gasteiger partial charge on any atom is 0.410 e. The molecule has 1 saturated heterocycles. The first kappa shape index (κ1) is 17.2. The molecule has 1 N–H and O–H groups in total. The number of carbonyl (C=O) groups is 2. The number of rotatable bonds is 4. The minimum Gasteiger partial charge on any atom is -0.481 e. The van der Waals surface area contributed by atoms with E-state index in [2.05, 4.69) is 0 Å². The molecular formula is C13H22N2O6. The van der Waals surface area contributed by atoms with Crippen LogP contribution in [-0.2, 0) is 9.53 Å². The highest BCUT2D eigenvalue weighted by Gasteiger charge is 2.48. The van der Waals surface area contributed by atoms with Crippen LogP contribution < -0.4 is 0 Å². The number of ether oxygens (including phenoxy) is 1. The Kier molecular flexibility index (Phi) is 5.14. The molecule has 0 saturated carbocycles. The molecule has 0 aromatic rings. The van der Waals surface area contributed by atoms with Crippen LogP contribution in [0.2, 0.25) is 0 Å².